The van der Waals surface area contributed by atoms with Crippen molar-refractivity contribution in [2.24, 2.45) is 0 Å². The molecule has 0 aliphatic heterocycles. The number of hydrogen-bond acceptors (Lipinski definition) is 2. The second kappa shape index (κ2) is 3.40. The van der Waals surface area contributed by atoms with E-state index >= 15 is 0 Å². The van der Waals surface area contributed by atoms with Crippen molar-refractivity contribution in [3.8, 4) is 11.3 Å². The molecule has 3 rings (SSSR count). The normalized spacial score (nSPS) is 15.4. The van der Waals surface area contributed by atoms with Gasteiger partial charge in [0.2, 0.25) is 0 Å². The second-order valence-corrected chi connectivity index (χ2v) is 3.99. The number of benzene rings is 1. The van der Waals surface area contributed by atoms with Crippen molar-refractivity contribution in [2.45, 2.75) is 18.8 Å². The lowest BCUT2D eigenvalue weighted by Gasteiger charge is -1.98. The third kappa shape index (κ3) is 1.50. The van der Waals surface area contributed by atoms with Crippen LogP contribution in [0.2, 0.25) is 0 Å². The highest BCUT2D eigenvalue weighted by Gasteiger charge is 2.28. The van der Waals surface area contributed by atoms with Crippen LogP contribution >= 0.6 is 0 Å². The van der Waals surface area contributed by atoms with E-state index in [0.29, 0.717) is 11.6 Å². The highest BCUT2D eigenvalue weighted by Crippen LogP contribution is 2.41. The molecular weight excluding hydrogens is 212 g/mol. The number of aromatic nitrogens is 1. The van der Waals surface area contributed by atoms with Gasteiger partial charge in [0.15, 0.2) is 11.6 Å². The van der Waals surface area contributed by atoms with Crippen molar-refractivity contribution in [1.29, 1.82) is 0 Å². The van der Waals surface area contributed by atoms with Gasteiger partial charge in [0.25, 0.3) is 0 Å². The zero-order valence-electron chi connectivity index (χ0n) is 8.41. The zero-order valence-corrected chi connectivity index (χ0v) is 8.41. The Bertz CT molecular complexity index is 532. The fourth-order valence-electron chi connectivity index (χ4n) is 1.68. The largest absolute Gasteiger partial charge is 0.360 e. The first-order chi connectivity index (χ1) is 7.75. The van der Waals surface area contributed by atoms with Crippen molar-refractivity contribution in [3.63, 3.8) is 0 Å². The first-order valence-electron chi connectivity index (χ1n) is 5.16. The molecule has 0 amide bonds. The highest BCUT2D eigenvalue weighted by molar-refractivity contribution is 5.60. The summed E-state index contributed by atoms with van der Waals surface area (Å²) in [5.41, 5.74) is 0.509. The minimum absolute atomic E-state index is 0.149. The molecule has 2 nitrogen and oxygen atoms in total. The van der Waals surface area contributed by atoms with Gasteiger partial charge in [0.05, 0.1) is 0 Å². The SMILES string of the molecule is Fc1cccc(-c2cc(C3CC3)on2)c1F. The van der Waals surface area contributed by atoms with Crippen molar-refractivity contribution in [1.82, 2.24) is 5.16 Å². The Kier molecular flexibility index (Phi) is 2.02. The Morgan fingerprint density at radius 3 is 2.81 bits per heavy atom. The standard InChI is InChI=1S/C12H9F2NO/c13-9-3-1-2-8(12(9)14)10-6-11(16-15-10)7-4-5-7/h1-3,6-7H,4-5H2. The maximum Gasteiger partial charge on any atom is 0.168 e. The molecule has 16 heavy (non-hydrogen) atoms. The monoisotopic (exact) mass is 221 g/mol. The number of halogens is 2. The van der Waals surface area contributed by atoms with Gasteiger partial charge >= 0.3 is 0 Å². The van der Waals surface area contributed by atoms with Crippen LogP contribution in [0.25, 0.3) is 11.3 Å². The lowest BCUT2D eigenvalue weighted by Crippen LogP contribution is -1.88. The summed E-state index contributed by atoms with van der Waals surface area (Å²) in [5, 5.41) is 3.77. The van der Waals surface area contributed by atoms with E-state index in [2.05, 4.69) is 5.16 Å². The minimum Gasteiger partial charge on any atom is -0.360 e. The maximum atomic E-state index is 13.5. The van der Waals surface area contributed by atoms with E-state index in [1.165, 1.54) is 12.1 Å². The van der Waals surface area contributed by atoms with Gasteiger partial charge in [-0.1, -0.05) is 11.2 Å². The van der Waals surface area contributed by atoms with Gasteiger partial charge in [-0.25, -0.2) is 8.78 Å². The molecule has 4 heteroatoms. The van der Waals surface area contributed by atoms with E-state index in [9.17, 15) is 8.78 Å². The molecule has 0 saturated heterocycles. The quantitative estimate of drug-likeness (QED) is 0.775. The molecule has 1 aliphatic carbocycles. The minimum atomic E-state index is -0.877. The molecule has 0 N–H and O–H groups in total. The van der Waals surface area contributed by atoms with Crippen molar-refractivity contribution in [2.75, 3.05) is 0 Å². The Balaban J connectivity index is 2.03. The third-order valence-corrected chi connectivity index (χ3v) is 2.74. The summed E-state index contributed by atoms with van der Waals surface area (Å²) in [6.07, 6.45) is 2.17. The molecule has 2 aromatic rings. The highest BCUT2D eigenvalue weighted by atomic mass is 19.2. The van der Waals surface area contributed by atoms with Crippen molar-refractivity contribution >= 4 is 0 Å². The molecule has 0 spiro atoms. The fraction of sp³-hybridized carbons (Fsp3) is 0.250. The summed E-state index contributed by atoms with van der Waals surface area (Å²) in [7, 11) is 0. The average molecular weight is 221 g/mol. The lowest BCUT2D eigenvalue weighted by molar-refractivity contribution is 0.386. The summed E-state index contributed by atoms with van der Waals surface area (Å²) in [6, 6.07) is 5.72. The fourth-order valence-corrected chi connectivity index (χ4v) is 1.68. The van der Waals surface area contributed by atoms with Crippen LogP contribution in [-0.2, 0) is 0 Å². The van der Waals surface area contributed by atoms with E-state index < -0.39 is 11.6 Å². The average Bonchev–Trinajstić information content (AvgIpc) is 3.02. The number of rotatable bonds is 2. The van der Waals surface area contributed by atoms with E-state index in [4.69, 9.17) is 4.52 Å². The van der Waals surface area contributed by atoms with Crippen molar-refractivity contribution < 1.29 is 13.3 Å². The van der Waals surface area contributed by atoms with Gasteiger partial charge in [-0.15, -0.1) is 0 Å². The molecule has 1 saturated carbocycles. The van der Waals surface area contributed by atoms with Crippen LogP contribution in [0.1, 0.15) is 24.5 Å². The van der Waals surface area contributed by atoms with Crippen LogP contribution in [0.5, 0.6) is 0 Å². The first kappa shape index (κ1) is 9.51. The van der Waals surface area contributed by atoms with Gasteiger partial charge < -0.3 is 4.52 Å². The molecule has 1 aromatic heterocycles. The molecule has 82 valence electrons. The molecule has 1 heterocycles. The van der Waals surface area contributed by atoms with Crippen LogP contribution in [0.4, 0.5) is 8.78 Å². The topological polar surface area (TPSA) is 26.0 Å². The van der Waals surface area contributed by atoms with E-state index in [-0.39, 0.29) is 5.56 Å². The van der Waals surface area contributed by atoms with Gasteiger partial charge in [-0.05, 0) is 25.0 Å². The lowest BCUT2D eigenvalue weighted by atomic mass is 10.1. The molecule has 0 radical (unpaired) electrons. The first-order valence-corrected chi connectivity index (χ1v) is 5.16. The molecule has 0 bridgehead atoms. The predicted molar refractivity (Wildman–Crippen MR) is 53.8 cm³/mol. The van der Waals surface area contributed by atoms with Gasteiger partial charge in [0.1, 0.15) is 11.5 Å². The second-order valence-electron chi connectivity index (χ2n) is 3.99. The molecule has 1 fully saturated rings. The van der Waals surface area contributed by atoms with Crippen LogP contribution < -0.4 is 0 Å². The predicted octanol–water partition coefficient (Wildman–Crippen LogP) is 3.50. The zero-order chi connectivity index (χ0) is 11.1. The van der Waals surface area contributed by atoms with Gasteiger partial charge in [-0.2, -0.15) is 0 Å². The summed E-state index contributed by atoms with van der Waals surface area (Å²) >= 11 is 0. The Labute approximate surface area is 90.9 Å². The van der Waals surface area contributed by atoms with Crippen LogP contribution in [0.15, 0.2) is 28.8 Å². The molecule has 1 aromatic carbocycles. The summed E-state index contributed by atoms with van der Waals surface area (Å²) in [5.74, 6) is -0.567. The number of nitrogens with zero attached hydrogens (tertiary/aromatic N) is 1. The number of hydrogen-bond donors (Lipinski definition) is 0. The third-order valence-electron chi connectivity index (χ3n) is 2.74. The molecule has 0 unspecified atom stereocenters. The Morgan fingerprint density at radius 1 is 1.25 bits per heavy atom. The van der Waals surface area contributed by atoms with Crippen LogP contribution in [-0.4, -0.2) is 5.16 Å². The Morgan fingerprint density at radius 2 is 2.06 bits per heavy atom. The summed E-state index contributed by atoms with van der Waals surface area (Å²) in [4.78, 5) is 0. The molecule has 1 aliphatic rings. The summed E-state index contributed by atoms with van der Waals surface area (Å²) in [6.45, 7) is 0. The smallest absolute Gasteiger partial charge is 0.168 e. The Hall–Kier alpha value is -1.71. The van der Waals surface area contributed by atoms with Crippen LogP contribution in [0, 0.1) is 11.6 Å². The van der Waals surface area contributed by atoms with Gasteiger partial charge in [0, 0.05) is 17.5 Å². The van der Waals surface area contributed by atoms with E-state index in [0.717, 1.165) is 24.7 Å². The van der Waals surface area contributed by atoms with Gasteiger partial charge in [-0.3, -0.25) is 0 Å². The summed E-state index contributed by atoms with van der Waals surface area (Å²) < 4.78 is 31.6. The van der Waals surface area contributed by atoms with Crippen molar-refractivity contribution in [3.05, 3.63) is 41.7 Å². The molecule has 0 atom stereocenters. The van der Waals surface area contributed by atoms with E-state index in [1.54, 1.807) is 6.07 Å². The van der Waals surface area contributed by atoms with Crippen LogP contribution in [0.3, 0.4) is 0 Å². The molecular formula is C12H9F2NO. The van der Waals surface area contributed by atoms with E-state index in [1.807, 2.05) is 0 Å². The maximum absolute atomic E-state index is 13.5.